The first kappa shape index (κ1) is 8.97. The minimum Gasteiger partial charge on any atom is -0.468 e. The number of hydrogen-bond donors (Lipinski definition) is 1. The summed E-state index contributed by atoms with van der Waals surface area (Å²) in [5.41, 5.74) is 2.77. The van der Waals surface area contributed by atoms with Crippen LogP contribution in [0.4, 0.5) is 0 Å². The van der Waals surface area contributed by atoms with Gasteiger partial charge in [0, 0.05) is 5.92 Å². The molecule has 1 N–H and O–H groups in total. The molecule has 1 heterocycles. The molecule has 0 amide bonds. The highest BCUT2D eigenvalue weighted by Crippen LogP contribution is 2.33. The lowest BCUT2D eigenvalue weighted by atomic mass is 9.83. The number of methoxy groups -OCH3 is 1. The smallest absolute Gasteiger partial charge is 0.325 e. The second kappa shape index (κ2) is 3.64. The van der Waals surface area contributed by atoms with E-state index in [0.717, 1.165) is 12.8 Å². The maximum absolute atomic E-state index is 11.3. The van der Waals surface area contributed by atoms with Crippen LogP contribution in [0.1, 0.15) is 25.7 Å². The molecular weight excluding hydrogens is 170 g/mol. The Morgan fingerprint density at radius 1 is 1.46 bits per heavy atom. The van der Waals surface area contributed by atoms with E-state index in [1.165, 1.54) is 20.0 Å². The monoisotopic (exact) mass is 185 g/mol. The first-order chi connectivity index (χ1) is 6.33. The first-order valence-corrected chi connectivity index (χ1v) is 4.82. The van der Waals surface area contributed by atoms with Crippen LogP contribution >= 0.6 is 0 Å². The number of carbonyl (C=O) groups excluding carboxylic acids is 1. The summed E-state index contributed by atoms with van der Waals surface area (Å²) in [5.74, 6) is 0.121. The average molecular weight is 185 g/mol. The summed E-state index contributed by atoms with van der Waals surface area (Å²) in [6.45, 7) is 0. The lowest BCUT2D eigenvalue weighted by Gasteiger charge is -2.24. The number of nitrogens with one attached hydrogen (secondary N) is 1. The molecule has 1 aliphatic carbocycles. The molecule has 4 nitrogen and oxygen atoms in total. The van der Waals surface area contributed by atoms with Crippen LogP contribution in [0.25, 0.3) is 0 Å². The Kier molecular flexibility index (Phi) is 2.51. The van der Waals surface area contributed by atoms with Crippen LogP contribution < -0.4 is 5.48 Å². The van der Waals surface area contributed by atoms with Crippen LogP contribution in [-0.4, -0.2) is 25.2 Å². The van der Waals surface area contributed by atoms with Gasteiger partial charge in [0.15, 0.2) is 0 Å². The Morgan fingerprint density at radius 3 is 3.00 bits per heavy atom. The molecule has 2 rings (SSSR count). The number of esters is 1. The average Bonchev–Trinajstić information content (AvgIpc) is 2.60. The summed E-state index contributed by atoms with van der Waals surface area (Å²) in [6.07, 6.45) is 4.75. The van der Waals surface area contributed by atoms with Crippen molar-refractivity contribution in [1.82, 2.24) is 5.48 Å². The molecule has 1 saturated carbocycles. The Bertz CT molecular complexity index is 207. The van der Waals surface area contributed by atoms with Crippen LogP contribution in [0.5, 0.6) is 0 Å². The Balaban J connectivity index is 2.02. The number of carbonyl (C=O) groups is 1. The van der Waals surface area contributed by atoms with E-state index < -0.39 is 0 Å². The number of fused-ring (bicyclic) bond motifs is 1. The number of hydroxylamine groups is 1. The van der Waals surface area contributed by atoms with Crippen LogP contribution in [0.3, 0.4) is 0 Å². The second-order valence-corrected chi connectivity index (χ2v) is 3.72. The fourth-order valence-corrected chi connectivity index (χ4v) is 2.25. The van der Waals surface area contributed by atoms with E-state index in [1.54, 1.807) is 0 Å². The molecule has 74 valence electrons. The number of ether oxygens (including phenoxy) is 1. The fraction of sp³-hybridized carbons (Fsp3) is 0.889. The molecule has 0 aromatic heterocycles. The lowest BCUT2D eigenvalue weighted by Crippen LogP contribution is -2.38. The molecule has 1 aliphatic heterocycles. The van der Waals surface area contributed by atoms with Crippen molar-refractivity contribution < 1.29 is 14.4 Å². The summed E-state index contributed by atoms with van der Waals surface area (Å²) >= 11 is 0. The van der Waals surface area contributed by atoms with E-state index in [2.05, 4.69) is 5.48 Å². The highest BCUT2D eigenvalue weighted by Gasteiger charge is 2.43. The zero-order valence-electron chi connectivity index (χ0n) is 7.79. The largest absolute Gasteiger partial charge is 0.468 e. The molecule has 0 spiro atoms. The third-order valence-electron chi connectivity index (χ3n) is 2.98. The summed E-state index contributed by atoms with van der Waals surface area (Å²) in [6, 6.07) is -0.240. The molecule has 1 saturated heterocycles. The van der Waals surface area contributed by atoms with Gasteiger partial charge in [-0.2, -0.15) is 5.48 Å². The standard InChI is InChI=1S/C9H15NO3/c1-12-9(11)8-6-4-2-3-5-7(6)13-10-8/h6-8,10H,2-5H2,1H3. The molecule has 3 unspecified atom stereocenters. The molecular formula is C9H15NO3. The van der Waals surface area contributed by atoms with Crippen molar-refractivity contribution in [3.8, 4) is 0 Å². The van der Waals surface area contributed by atoms with E-state index >= 15 is 0 Å². The van der Waals surface area contributed by atoms with Crippen molar-refractivity contribution in [3.05, 3.63) is 0 Å². The van der Waals surface area contributed by atoms with Gasteiger partial charge in [-0.25, -0.2) is 0 Å². The zero-order chi connectivity index (χ0) is 9.26. The van der Waals surface area contributed by atoms with Gasteiger partial charge in [-0.3, -0.25) is 9.63 Å². The van der Waals surface area contributed by atoms with Gasteiger partial charge in [0.2, 0.25) is 0 Å². The second-order valence-electron chi connectivity index (χ2n) is 3.72. The van der Waals surface area contributed by atoms with Crippen LogP contribution in [-0.2, 0) is 14.4 Å². The van der Waals surface area contributed by atoms with Gasteiger partial charge in [-0.1, -0.05) is 12.8 Å². The van der Waals surface area contributed by atoms with E-state index in [1.807, 2.05) is 0 Å². The third-order valence-corrected chi connectivity index (χ3v) is 2.98. The minimum absolute atomic E-state index is 0.200. The van der Waals surface area contributed by atoms with Crippen molar-refractivity contribution >= 4 is 5.97 Å². The molecule has 2 aliphatic rings. The van der Waals surface area contributed by atoms with Crippen molar-refractivity contribution in [2.24, 2.45) is 5.92 Å². The van der Waals surface area contributed by atoms with Gasteiger partial charge >= 0.3 is 5.97 Å². The SMILES string of the molecule is COC(=O)C1NOC2CCCCC21. The topological polar surface area (TPSA) is 47.6 Å². The third kappa shape index (κ3) is 1.56. The normalized spacial score (nSPS) is 38.4. The molecule has 0 aromatic carbocycles. The Hall–Kier alpha value is -0.610. The van der Waals surface area contributed by atoms with Crippen LogP contribution in [0.2, 0.25) is 0 Å². The Labute approximate surface area is 77.5 Å². The number of rotatable bonds is 1. The fourth-order valence-electron chi connectivity index (χ4n) is 2.25. The quantitative estimate of drug-likeness (QED) is 0.608. The zero-order valence-corrected chi connectivity index (χ0v) is 7.79. The first-order valence-electron chi connectivity index (χ1n) is 4.82. The summed E-state index contributed by atoms with van der Waals surface area (Å²) in [7, 11) is 1.42. The predicted molar refractivity (Wildman–Crippen MR) is 45.8 cm³/mol. The molecule has 0 radical (unpaired) electrons. The van der Waals surface area contributed by atoms with Gasteiger partial charge in [-0.05, 0) is 12.8 Å². The molecule has 3 atom stereocenters. The van der Waals surface area contributed by atoms with Gasteiger partial charge in [0.25, 0.3) is 0 Å². The molecule has 0 bridgehead atoms. The highest BCUT2D eigenvalue weighted by molar-refractivity contribution is 5.76. The summed E-state index contributed by atoms with van der Waals surface area (Å²) in [4.78, 5) is 16.6. The van der Waals surface area contributed by atoms with Gasteiger partial charge in [0.05, 0.1) is 13.2 Å². The maximum Gasteiger partial charge on any atom is 0.325 e. The summed E-state index contributed by atoms with van der Waals surface area (Å²) in [5, 5.41) is 0. The van der Waals surface area contributed by atoms with Gasteiger partial charge in [0.1, 0.15) is 6.04 Å². The molecule has 13 heavy (non-hydrogen) atoms. The molecule has 2 fully saturated rings. The predicted octanol–water partition coefficient (Wildman–Crippen LogP) is 0.622. The maximum atomic E-state index is 11.3. The minimum atomic E-state index is -0.240. The van der Waals surface area contributed by atoms with Crippen molar-refractivity contribution in [3.63, 3.8) is 0 Å². The lowest BCUT2D eigenvalue weighted by molar-refractivity contribution is -0.145. The van der Waals surface area contributed by atoms with E-state index in [0.29, 0.717) is 5.92 Å². The van der Waals surface area contributed by atoms with Crippen LogP contribution in [0.15, 0.2) is 0 Å². The highest BCUT2D eigenvalue weighted by atomic mass is 16.7. The van der Waals surface area contributed by atoms with Crippen molar-refractivity contribution in [2.75, 3.05) is 7.11 Å². The van der Waals surface area contributed by atoms with Crippen molar-refractivity contribution in [1.29, 1.82) is 0 Å². The van der Waals surface area contributed by atoms with E-state index in [9.17, 15) is 4.79 Å². The molecule has 4 heteroatoms. The van der Waals surface area contributed by atoms with Crippen molar-refractivity contribution in [2.45, 2.75) is 37.8 Å². The molecule has 0 aromatic rings. The van der Waals surface area contributed by atoms with E-state index in [4.69, 9.17) is 9.57 Å². The summed E-state index contributed by atoms with van der Waals surface area (Å²) < 4.78 is 4.70. The van der Waals surface area contributed by atoms with Gasteiger partial charge in [-0.15, -0.1) is 0 Å². The number of hydrogen-bond acceptors (Lipinski definition) is 4. The van der Waals surface area contributed by atoms with Crippen LogP contribution in [0, 0.1) is 5.92 Å². The van der Waals surface area contributed by atoms with E-state index in [-0.39, 0.29) is 18.1 Å². The van der Waals surface area contributed by atoms with Gasteiger partial charge < -0.3 is 4.74 Å². The Morgan fingerprint density at radius 2 is 2.23 bits per heavy atom.